The Labute approximate surface area is 108 Å². The summed E-state index contributed by atoms with van der Waals surface area (Å²) in [6.07, 6.45) is 0.416. The minimum Gasteiger partial charge on any atom is -0.395 e. The normalized spacial score (nSPS) is 9.83. The highest BCUT2D eigenvalue weighted by atomic mass is 16.2. The lowest BCUT2D eigenvalue weighted by Crippen LogP contribution is -2.30. The van der Waals surface area contributed by atoms with Crippen molar-refractivity contribution >= 4 is 5.91 Å². The van der Waals surface area contributed by atoms with Crippen molar-refractivity contribution in [3.05, 3.63) is 34.9 Å². The van der Waals surface area contributed by atoms with E-state index in [0.717, 1.165) is 5.56 Å². The third-order valence-corrected chi connectivity index (χ3v) is 2.30. The van der Waals surface area contributed by atoms with E-state index in [4.69, 9.17) is 5.11 Å². The maximum absolute atomic E-state index is 12.0. The Hall–Kier alpha value is -1.79. The Kier molecular flexibility index (Phi) is 5.41. The summed E-state index contributed by atoms with van der Waals surface area (Å²) < 4.78 is 0. The van der Waals surface area contributed by atoms with Crippen LogP contribution in [0.15, 0.2) is 18.2 Å². The molecule has 0 saturated carbocycles. The van der Waals surface area contributed by atoms with E-state index in [1.165, 1.54) is 0 Å². The zero-order valence-corrected chi connectivity index (χ0v) is 11.1. The first kappa shape index (κ1) is 14.3. The number of aliphatic hydroxyl groups is 1. The van der Waals surface area contributed by atoms with Crippen LogP contribution < -0.4 is 5.32 Å². The zero-order valence-electron chi connectivity index (χ0n) is 11.1. The van der Waals surface area contributed by atoms with Crippen LogP contribution in [-0.4, -0.2) is 23.7 Å². The Balaban J connectivity index is 3.04. The molecule has 0 spiro atoms. The van der Waals surface area contributed by atoms with Crippen LogP contribution in [-0.2, 0) is 0 Å². The molecule has 0 aromatic heterocycles. The smallest absolute Gasteiger partial charge is 0.252 e. The summed E-state index contributed by atoms with van der Waals surface area (Å²) in [5.74, 6) is 5.65. The third-order valence-electron chi connectivity index (χ3n) is 2.30. The van der Waals surface area contributed by atoms with Gasteiger partial charge in [-0.2, -0.15) is 0 Å². The van der Waals surface area contributed by atoms with Crippen LogP contribution in [0.3, 0.4) is 0 Å². The Morgan fingerprint density at radius 1 is 1.44 bits per heavy atom. The van der Waals surface area contributed by atoms with Crippen molar-refractivity contribution in [2.24, 2.45) is 0 Å². The molecule has 2 N–H and O–H groups in total. The molecule has 0 aliphatic carbocycles. The molecule has 1 amide bonds. The number of aliphatic hydroxyl groups excluding tert-OH is 1. The van der Waals surface area contributed by atoms with Crippen LogP contribution >= 0.6 is 0 Å². The van der Waals surface area contributed by atoms with Crippen molar-refractivity contribution in [2.75, 3.05) is 6.61 Å². The van der Waals surface area contributed by atoms with Gasteiger partial charge in [0, 0.05) is 18.0 Å². The van der Waals surface area contributed by atoms with Gasteiger partial charge in [-0.3, -0.25) is 4.79 Å². The molecule has 3 heteroatoms. The fourth-order valence-electron chi connectivity index (χ4n) is 1.51. The molecule has 96 valence electrons. The van der Waals surface area contributed by atoms with Gasteiger partial charge in [0.15, 0.2) is 0 Å². The summed E-state index contributed by atoms with van der Waals surface area (Å²) in [6, 6.07) is 5.70. The molecule has 0 aliphatic rings. The van der Waals surface area contributed by atoms with Gasteiger partial charge in [-0.05, 0) is 32.9 Å². The van der Waals surface area contributed by atoms with E-state index in [1.54, 1.807) is 0 Å². The van der Waals surface area contributed by atoms with Crippen LogP contribution in [0.4, 0.5) is 0 Å². The highest BCUT2D eigenvalue weighted by Gasteiger charge is 2.11. The molecule has 0 fully saturated rings. The van der Waals surface area contributed by atoms with Crippen LogP contribution in [0.25, 0.3) is 0 Å². The van der Waals surface area contributed by atoms with Crippen molar-refractivity contribution in [3.8, 4) is 11.8 Å². The fraction of sp³-hybridized carbons (Fsp3) is 0.400. The predicted octanol–water partition coefficient (Wildman–Crippen LogP) is 1.87. The zero-order chi connectivity index (χ0) is 13.5. The molecule has 0 saturated heterocycles. The lowest BCUT2D eigenvalue weighted by atomic mass is 10.0. The second kappa shape index (κ2) is 6.83. The topological polar surface area (TPSA) is 49.3 Å². The molecular formula is C15H19NO2. The number of carbonyl (C=O) groups excluding carboxylic acids is 1. The number of amides is 1. The molecule has 18 heavy (non-hydrogen) atoms. The van der Waals surface area contributed by atoms with Gasteiger partial charge in [0.2, 0.25) is 0 Å². The fourth-order valence-corrected chi connectivity index (χ4v) is 1.51. The Morgan fingerprint density at radius 2 is 2.17 bits per heavy atom. The molecular weight excluding hydrogens is 226 g/mol. The van der Waals surface area contributed by atoms with E-state index in [0.29, 0.717) is 17.5 Å². The summed E-state index contributed by atoms with van der Waals surface area (Å²) >= 11 is 0. The minimum atomic E-state index is -0.109. The number of nitrogens with one attached hydrogen (secondary N) is 1. The van der Waals surface area contributed by atoms with Crippen molar-refractivity contribution in [1.82, 2.24) is 5.32 Å². The minimum absolute atomic E-state index is 0.0341. The maximum Gasteiger partial charge on any atom is 0.252 e. The molecule has 1 rings (SSSR count). The predicted molar refractivity (Wildman–Crippen MR) is 72.4 cm³/mol. The van der Waals surface area contributed by atoms with E-state index < -0.39 is 0 Å². The van der Waals surface area contributed by atoms with Gasteiger partial charge in [0.25, 0.3) is 5.91 Å². The third kappa shape index (κ3) is 4.23. The van der Waals surface area contributed by atoms with Gasteiger partial charge in [0.05, 0.1) is 12.2 Å². The lowest BCUT2D eigenvalue weighted by Gasteiger charge is -2.10. The second-order valence-corrected chi connectivity index (χ2v) is 4.45. The van der Waals surface area contributed by atoms with Crippen LogP contribution in [0.2, 0.25) is 0 Å². The van der Waals surface area contributed by atoms with Gasteiger partial charge >= 0.3 is 0 Å². The first-order chi connectivity index (χ1) is 8.54. The monoisotopic (exact) mass is 245 g/mol. The van der Waals surface area contributed by atoms with E-state index in [2.05, 4.69) is 17.2 Å². The SMILES string of the molecule is Cc1ccc(C#CCCO)c(C(=O)NC(C)C)c1. The average Bonchev–Trinajstić information content (AvgIpc) is 2.30. The lowest BCUT2D eigenvalue weighted by molar-refractivity contribution is 0.0943. The van der Waals surface area contributed by atoms with E-state index in [9.17, 15) is 4.79 Å². The second-order valence-electron chi connectivity index (χ2n) is 4.45. The number of hydrogen-bond donors (Lipinski definition) is 2. The molecule has 0 atom stereocenters. The Morgan fingerprint density at radius 3 is 2.78 bits per heavy atom. The standard InChI is InChI=1S/C15H19NO2/c1-11(2)16-15(18)14-10-12(3)7-8-13(14)6-4-5-9-17/h7-8,10-11,17H,5,9H2,1-3H3,(H,16,18). The molecule has 0 unspecified atom stereocenters. The summed E-state index contributed by atoms with van der Waals surface area (Å²) in [6.45, 7) is 5.82. The number of carbonyl (C=O) groups is 1. The Bertz CT molecular complexity index is 481. The number of rotatable bonds is 3. The average molecular weight is 245 g/mol. The van der Waals surface area contributed by atoms with Crippen molar-refractivity contribution in [3.63, 3.8) is 0 Å². The van der Waals surface area contributed by atoms with Crippen molar-refractivity contribution in [1.29, 1.82) is 0 Å². The molecule has 0 heterocycles. The van der Waals surface area contributed by atoms with E-state index in [1.807, 2.05) is 39.0 Å². The molecule has 3 nitrogen and oxygen atoms in total. The van der Waals surface area contributed by atoms with Gasteiger partial charge in [0.1, 0.15) is 0 Å². The largest absolute Gasteiger partial charge is 0.395 e. The summed E-state index contributed by atoms with van der Waals surface area (Å²) in [5.41, 5.74) is 2.32. The van der Waals surface area contributed by atoms with Crippen LogP contribution in [0.5, 0.6) is 0 Å². The van der Waals surface area contributed by atoms with E-state index >= 15 is 0 Å². The molecule has 1 aromatic rings. The quantitative estimate of drug-likeness (QED) is 0.799. The summed E-state index contributed by atoms with van der Waals surface area (Å²) in [4.78, 5) is 12.0. The number of benzene rings is 1. The summed E-state index contributed by atoms with van der Waals surface area (Å²) in [7, 11) is 0. The number of aryl methyl sites for hydroxylation is 1. The number of hydrogen-bond acceptors (Lipinski definition) is 2. The van der Waals surface area contributed by atoms with E-state index in [-0.39, 0.29) is 18.6 Å². The van der Waals surface area contributed by atoms with Gasteiger partial charge in [-0.15, -0.1) is 0 Å². The maximum atomic E-state index is 12.0. The van der Waals surface area contributed by atoms with Crippen molar-refractivity contribution in [2.45, 2.75) is 33.2 Å². The molecule has 0 bridgehead atoms. The highest BCUT2D eigenvalue weighted by molar-refractivity contribution is 5.97. The van der Waals surface area contributed by atoms with Crippen molar-refractivity contribution < 1.29 is 9.90 Å². The van der Waals surface area contributed by atoms with Crippen LogP contribution in [0, 0.1) is 18.8 Å². The van der Waals surface area contributed by atoms with Crippen LogP contribution in [0.1, 0.15) is 41.8 Å². The molecule has 0 aliphatic heterocycles. The first-order valence-corrected chi connectivity index (χ1v) is 6.06. The molecule has 1 aromatic carbocycles. The van der Waals surface area contributed by atoms with Gasteiger partial charge in [-0.1, -0.05) is 23.5 Å². The van der Waals surface area contributed by atoms with Gasteiger partial charge < -0.3 is 10.4 Å². The van der Waals surface area contributed by atoms with Gasteiger partial charge in [-0.25, -0.2) is 0 Å². The summed E-state index contributed by atoms with van der Waals surface area (Å²) in [5, 5.41) is 11.6. The highest BCUT2D eigenvalue weighted by Crippen LogP contribution is 2.11. The first-order valence-electron chi connectivity index (χ1n) is 6.06. The molecule has 0 radical (unpaired) electrons.